The Balaban J connectivity index is 2.09. The van der Waals surface area contributed by atoms with Crippen LogP contribution in [0.5, 0.6) is 0 Å². The number of hydrogen-bond donors (Lipinski definition) is 2. The standard InChI is InChI=1S/C20H26N2O2S/c1-3-25-19-12-10-18(11-13-19)21-20(24)22(14-7-15-23)16(2)17-8-5-4-6-9-17/h4-6,8-13,16,23H,3,7,14-15H2,1-2H3,(H,21,24)/t16-/m0/s1. The molecule has 0 aliphatic rings. The second-order valence-electron chi connectivity index (χ2n) is 5.74. The van der Waals surface area contributed by atoms with Crippen LogP contribution in [0.15, 0.2) is 59.5 Å². The normalized spacial score (nSPS) is 11.8. The van der Waals surface area contributed by atoms with E-state index in [0.29, 0.717) is 13.0 Å². The monoisotopic (exact) mass is 358 g/mol. The Morgan fingerprint density at radius 3 is 2.44 bits per heavy atom. The van der Waals surface area contributed by atoms with Crippen LogP contribution in [0.3, 0.4) is 0 Å². The minimum atomic E-state index is -0.152. The van der Waals surface area contributed by atoms with Gasteiger partial charge in [0, 0.05) is 23.7 Å². The molecule has 2 rings (SSSR count). The smallest absolute Gasteiger partial charge is 0.322 e. The molecule has 25 heavy (non-hydrogen) atoms. The molecule has 0 fully saturated rings. The fraction of sp³-hybridized carbons (Fsp3) is 0.350. The summed E-state index contributed by atoms with van der Waals surface area (Å²) in [5.74, 6) is 1.02. The van der Waals surface area contributed by atoms with Crippen LogP contribution in [0.25, 0.3) is 0 Å². The highest BCUT2D eigenvalue weighted by molar-refractivity contribution is 7.99. The molecule has 0 unspecified atom stereocenters. The van der Waals surface area contributed by atoms with Crippen LogP contribution in [-0.4, -0.2) is 34.9 Å². The van der Waals surface area contributed by atoms with Crippen LogP contribution in [0, 0.1) is 0 Å². The Morgan fingerprint density at radius 1 is 1.16 bits per heavy atom. The Hall–Kier alpha value is -1.98. The van der Waals surface area contributed by atoms with Crippen LogP contribution in [0.1, 0.15) is 31.9 Å². The van der Waals surface area contributed by atoms with Gasteiger partial charge >= 0.3 is 6.03 Å². The van der Waals surface area contributed by atoms with Gasteiger partial charge in [-0.25, -0.2) is 4.79 Å². The van der Waals surface area contributed by atoms with Crippen LogP contribution < -0.4 is 5.32 Å². The molecule has 134 valence electrons. The van der Waals surface area contributed by atoms with Crippen LogP contribution in [0.2, 0.25) is 0 Å². The van der Waals surface area contributed by atoms with E-state index in [-0.39, 0.29) is 18.7 Å². The van der Waals surface area contributed by atoms with Crippen molar-refractivity contribution in [1.82, 2.24) is 4.90 Å². The largest absolute Gasteiger partial charge is 0.396 e. The molecule has 4 nitrogen and oxygen atoms in total. The molecule has 0 saturated carbocycles. The summed E-state index contributed by atoms with van der Waals surface area (Å²) < 4.78 is 0. The van der Waals surface area contributed by atoms with E-state index >= 15 is 0 Å². The van der Waals surface area contributed by atoms with E-state index in [1.807, 2.05) is 61.5 Å². The topological polar surface area (TPSA) is 52.6 Å². The van der Waals surface area contributed by atoms with Crippen molar-refractivity contribution in [2.45, 2.75) is 31.2 Å². The predicted octanol–water partition coefficient (Wildman–Crippen LogP) is 4.78. The van der Waals surface area contributed by atoms with Crippen molar-refractivity contribution in [3.8, 4) is 0 Å². The Morgan fingerprint density at radius 2 is 1.84 bits per heavy atom. The van der Waals surface area contributed by atoms with E-state index in [9.17, 15) is 4.79 Å². The molecule has 0 aliphatic carbocycles. The number of carbonyl (C=O) groups is 1. The third-order valence-corrected chi connectivity index (χ3v) is 4.88. The number of anilines is 1. The van der Waals surface area contributed by atoms with E-state index in [4.69, 9.17) is 5.11 Å². The van der Waals surface area contributed by atoms with Crippen molar-refractivity contribution in [2.75, 3.05) is 24.2 Å². The van der Waals surface area contributed by atoms with Gasteiger partial charge in [-0.2, -0.15) is 0 Å². The Bertz CT molecular complexity index is 647. The maximum absolute atomic E-state index is 12.8. The van der Waals surface area contributed by atoms with Gasteiger partial charge in [0.05, 0.1) is 6.04 Å². The van der Waals surface area contributed by atoms with Gasteiger partial charge < -0.3 is 15.3 Å². The average Bonchev–Trinajstić information content (AvgIpc) is 2.64. The molecule has 0 saturated heterocycles. The molecular formula is C20H26N2O2S. The average molecular weight is 359 g/mol. The fourth-order valence-corrected chi connectivity index (χ4v) is 3.28. The van der Waals surface area contributed by atoms with Gasteiger partial charge in [-0.3, -0.25) is 0 Å². The maximum atomic E-state index is 12.8. The number of hydrogen-bond acceptors (Lipinski definition) is 3. The molecule has 0 aromatic heterocycles. The number of nitrogens with one attached hydrogen (secondary N) is 1. The summed E-state index contributed by atoms with van der Waals surface area (Å²) in [6, 6.07) is 17.6. The predicted molar refractivity (Wildman–Crippen MR) is 105 cm³/mol. The van der Waals surface area contributed by atoms with Crippen molar-refractivity contribution in [3.05, 3.63) is 60.2 Å². The first-order valence-corrected chi connectivity index (χ1v) is 9.60. The van der Waals surface area contributed by atoms with Crippen LogP contribution >= 0.6 is 11.8 Å². The molecule has 1 atom stereocenters. The lowest BCUT2D eigenvalue weighted by atomic mass is 10.1. The second kappa shape index (κ2) is 10.1. The van der Waals surface area contributed by atoms with E-state index < -0.39 is 0 Å². The molecule has 0 heterocycles. The molecule has 0 aliphatic heterocycles. The van der Waals surface area contributed by atoms with Gasteiger partial charge in [-0.15, -0.1) is 11.8 Å². The van der Waals surface area contributed by atoms with Gasteiger partial charge in [-0.05, 0) is 48.9 Å². The summed E-state index contributed by atoms with van der Waals surface area (Å²) >= 11 is 1.77. The summed E-state index contributed by atoms with van der Waals surface area (Å²) in [7, 11) is 0. The first-order valence-electron chi connectivity index (χ1n) is 8.62. The van der Waals surface area contributed by atoms with E-state index in [1.165, 1.54) is 4.90 Å². The van der Waals surface area contributed by atoms with Crippen molar-refractivity contribution in [3.63, 3.8) is 0 Å². The molecular weight excluding hydrogens is 332 g/mol. The Labute approximate surface area is 154 Å². The van der Waals surface area contributed by atoms with Gasteiger partial charge in [0.2, 0.25) is 0 Å². The number of benzene rings is 2. The zero-order chi connectivity index (χ0) is 18.1. The van der Waals surface area contributed by atoms with Gasteiger partial charge in [0.1, 0.15) is 0 Å². The minimum Gasteiger partial charge on any atom is -0.396 e. The number of nitrogens with zero attached hydrogens (tertiary/aromatic N) is 1. The second-order valence-corrected chi connectivity index (χ2v) is 7.08. The first kappa shape index (κ1) is 19.3. The first-order chi connectivity index (χ1) is 12.2. The van der Waals surface area contributed by atoms with Gasteiger partial charge in [-0.1, -0.05) is 37.3 Å². The van der Waals surface area contributed by atoms with Crippen LogP contribution in [-0.2, 0) is 0 Å². The van der Waals surface area contributed by atoms with Crippen molar-refractivity contribution in [1.29, 1.82) is 0 Å². The summed E-state index contributed by atoms with van der Waals surface area (Å²) in [6.07, 6.45) is 0.552. The summed E-state index contributed by atoms with van der Waals surface area (Å²) in [4.78, 5) is 15.7. The van der Waals surface area contributed by atoms with Crippen molar-refractivity contribution >= 4 is 23.5 Å². The quantitative estimate of drug-likeness (QED) is 0.668. The Kier molecular flexibility index (Phi) is 7.82. The van der Waals surface area contributed by atoms with Gasteiger partial charge in [0.15, 0.2) is 0 Å². The van der Waals surface area contributed by atoms with E-state index in [1.54, 1.807) is 16.7 Å². The lowest BCUT2D eigenvalue weighted by Gasteiger charge is -2.29. The third-order valence-electron chi connectivity index (χ3n) is 3.98. The minimum absolute atomic E-state index is 0.0637. The van der Waals surface area contributed by atoms with Crippen molar-refractivity contribution in [2.24, 2.45) is 0 Å². The number of carbonyl (C=O) groups excluding carboxylic acids is 1. The zero-order valence-electron chi connectivity index (χ0n) is 14.8. The lowest BCUT2D eigenvalue weighted by molar-refractivity contribution is 0.182. The molecule has 2 N–H and O–H groups in total. The summed E-state index contributed by atoms with van der Waals surface area (Å²) in [6.45, 7) is 4.69. The van der Waals surface area contributed by atoms with Crippen molar-refractivity contribution < 1.29 is 9.90 Å². The molecule has 2 aromatic rings. The number of rotatable bonds is 8. The summed E-state index contributed by atoms with van der Waals surface area (Å²) in [5, 5.41) is 12.1. The van der Waals surface area contributed by atoms with E-state index in [0.717, 1.165) is 17.0 Å². The molecule has 0 spiro atoms. The third kappa shape index (κ3) is 5.80. The number of amides is 2. The van der Waals surface area contributed by atoms with Gasteiger partial charge in [0.25, 0.3) is 0 Å². The molecule has 0 radical (unpaired) electrons. The van der Waals surface area contributed by atoms with E-state index in [2.05, 4.69) is 12.2 Å². The highest BCUT2D eigenvalue weighted by Gasteiger charge is 2.21. The number of urea groups is 1. The number of thioether (sulfide) groups is 1. The zero-order valence-corrected chi connectivity index (χ0v) is 15.6. The highest BCUT2D eigenvalue weighted by Crippen LogP contribution is 2.23. The lowest BCUT2D eigenvalue weighted by Crippen LogP contribution is -2.38. The SMILES string of the molecule is CCSc1ccc(NC(=O)N(CCCO)[C@@H](C)c2ccccc2)cc1. The number of aliphatic hydroxyl groups is 1. The fourth-order valence-electron chi connectivity index (χ4n) is 2.62. The highest BCUT2D eigenvalue weighted by atomic mass is 32.2. The molecule has 2 aromatic carbocycles. The molecule has 2 amide bonds. The molecule has 5 heteroatoms. The summed E-state index contributed by atoms with van der Waals surface area (Å²) in [5.41, 5.74) is 1.85. The maximum Gasteiger partial charge on any atom is 0.322 e. The molecule has 0 bridgehead atoms. The number of aliphatic hydroxyl groups excluding tert-OH is 1. The van der Waals surface area contributed by atoms with Crippen LogP contribution in [0.4, 0.5) is 10.5 Å².